The van der Waals surface area contributed by atoms with Crippen molar-refractivity contribution in [3.8, 4) is 16.9 Å². The van der Waals surface area contributed by atoms with Gasteiger partial charge in [-0.3, -0.25) is 4.98 Å². The number of rotatable bonds is 6. The van der Waals surface area contributed by atoms with Crippen molar-refractivity contribution in [1.82, 2.24) is 9.88 Å². The Morgan fingerprint density at radius 3 is 2.52 bits per heavy atom. The lowest BCUT2D eigenvalue weighted by atomic mass is 10.0. The molecule has 1 saturated heterocycles. The van der Waals surface area contributed by atoms with Crippen molar-refractivity contribution in [2.24, 2.45) is 0 Å². The molecule has 0 amide bonds. The van der Waals surface area contributed by atoms with Crippen molar-refractivity contribution >= 4 is 0 Å². The quantitative estimate of drug-likeness (QED) is 0.740. The van der Waals surface area contributed by atoms with Gasteiger partial charge in [0.15, 0.2) is 0 Å². The van der Waals surface area contributed by atoms with Crippen LogP contribution in [0.4, 0.5) is 0 Å². The molecule has 23 heavy (non-hydrogen) atoms. The average molecular weight is 310 g/mol. The fourth-order valence-corrected chi connectivity index (χ4v) is 3.24. The average Bonchev–Trinajstić information content (AvgIpc) is 2.61. The molecule has 1 aromatic carbocycles. The monoisotopic (exact) mass is 310 g/mol. The van der Waals surface area contributed by atoms with Gasteiger partial charge in [-0.2, -0.15) is 0 Å². The second-order valence-electron chi connectivity index (χ2n) is 6.34. The zero-order valence-corrected chi connectivity index (χ0v) is 13.9. The zero-order valence-electron chi connectivity index (χ0n) is 13.9. The minimum atomic E-state index is 0.739. The van der Waals surface area contributed by atoms with Crippen LogP contribution >= 0.6 is 0 Å². The number of likely N-dealkylation sites (tertiary alicyclic amines) is 1. The first kappa shape index (κ1) is 16.0. The summed E-state index contributed by atoms with van der Waals surface area (Å²) in [6.45, 7) is 5.54. The molecule has 0 radical (unpaired) electrons. The molecule has 1 atom stereocenters. The van der Waals surface area contributed by atoms with Gasteiger partial charge in [-0.15, -0.1) is 0 Å². The minimum Gasteiger partial charge on any atom is -0.494 e. The van der Waals surface area contributed by atoms with Gasteiger partial charge >= 0.3 is 0 Å². The molecular formula is C20H26N2O. The van der Waals surface area contributed by atoms with Gasteiger partial charge in [0.1, 0.15) is 5.75 Å². The van der Waals surface area contributed by atoms with E-state index in [4.69, 9.17) is 4.74 Å². The molecular weight excluding hydrogens is 284 g/mol. The molecule has 1 fully saturated rings. The second kappa shape index (κ2) is 8.11. The standard InChI is InChI=1S/C20H26N2O/c1-17-5-2-3-14-22(17)15-4-16-23-20-8-6-18(7-9-20)19-10-12-21-13-11-19/h6-13,17H,2-5,14-16H2,1H3. The normalized spacial score (nSPS) is 18.7. The maximum Gasteiger partial charge on any atom is 0.119 e. The highest BCUT2D eigenvalue weighted by Crippen LogP contribution is 2.22. The van der Waals surface area contributed by atoms with E-state index >= 15 is 0 Å². The highest BCUT2D eigenvalue weighted by atomic mass is 16.5. The third-order valence-corrected chi connectivity index (χ3v) is 4.67. The summed E-state index contributed by atoms with van der Waals surface area (Å²) in [7, 11) is 0. The fourth-order valence-electron chi connectivity index (χ4n) is 3.24. The highest BCUT2D eigenvalue weighted by Gasteiger charge is 2.17. The molecule has 2 aromatic rings. The Bertz CT molecular complexity index is 582. The van der Waals surface area contributed by atoms with Gasteiger partial charge in [0.05, 0.1) is 6.61 Å². The summed E-state index contributed by atoms with van der Waals surface area (Å²) in [5.74, 6) is 0.953. The van der Waals surface area contributed by atoms with Crippen molar-refractivity contribution in [3.05, 3.63) is 48.8 Å². The molecule has 0 aliphatic carbocycles. The lowest BCUT2D eigenvalue weighted by Gasteiger charge is -2.33. The number of pyridine rings is 1. The Kier molecular flexibility index (Phi) is 5.65. The van der Waals surface area contributed by atoms with Crippen LogP contribution in [0.15, 0.2) is 48.8 Å². The first-order valence-electron chi connectivity index (χ1n) is 8.70. The van der Waals surface area contributed by atoms with Gasteiger partial charge in [-0.25, -0.2) is 0 Å². The summed E-state index contributed by atoms with van der Waals surface area (Å²) in [6.07, 6.45) is 8.82. The van der Waals surface area contributed by atoms with Crippen molar-refractivity contribution in [3.63, 3.8) is 0 Å². The van der Waals surface area contributed by atoms with E-state index < -0.39 is 0 Å². The number of hydrogen-bond acceptors (Lipinski definition) is 3. The molecule has 3 heteroatoms. The first-order valence-corrected chi connectivity index (χ1v) is 8.70. The number of nitrogens with zero attached hydrogens (tertiary/aromatic N) is 2. The van der Waals surface area contributed by atoms with Crippen molar-refractivity contribution in [2.75, 3.05) is 19.7 Å². The van der Waals surface area contributed by atoms with Crippen LogP contribution in [0.1, 0.15) is 32.6 Å². The predicted octanol–water partition coefficient (Wildman–Crippen LogP) is 4.39. The van der Waals surface area contributed by atoms with Crippen LogP contribution in [0, 0.1) is 0 Å². The topological polar surface area (TPSA) is 25.4 Å². The van der Waals surface area contributed by atoms with Crippen LogP contribution in [0.3, 0.4) is 0 Å². The van der Waals surface area contributed by atoms with Crippen molar-refractivity contribution in [2.45, 2.75) is 38.6 Å². The number of piperidine rings is 1. The van der Waals surface area contributed by atoms with E-state index in [1.165, 1.54) is 36.9 Å². The largest absolute Gasteiger partial charge is 0.494 e. The smallest absolute Gasteiger partial charge is 0.119 e. The molecule has 0 N–H and O–H groups in total. The molecule has 3 nitrogen and oxygen atoms in total. The predicted molar refractivity (Wildman–Crippen MR) is 94.7 cm³/mol. The van der Waals surface area contributed by atoms with E-state index in [2.05, 4.69) is 41.1 Å². The summed E-state index contributed by atoms with van der Waals surface area (Å²) < 4.78 is 5.88. The van der Waals surface area contributed by atoms with Crippen LogP contribution in [0.5, 0.6) is 5.75 Å². The molecule has 0 bridgehead atoms. The molecule has 3 rings (SSSR count). The molecule has 2 heterocycles. The third kappa shape index (κ3) is 4.55. The van der Waals surface area contributed by atoms with Gasteiger partial charge < -0.3 is 9.64 Å². The Morgan fingerprint density at radius 1 is 1.04 bits per heavy atom. The Labute approximate surface area is 139 Å². The third-order valence-electron chi connectivity index (χ3n) is 4.67. The molecule has 122 valence electrons. The zero-order chi connectivity index (χ0) is 15.9. The van der Waals surface area contributed by atoms with E-state index in [0.717, 1.165) is 31.4 Å². The maximum atomic E-state index is 5.88. The van der Waals surface area contributed by atoms with Gasteiger partial charge in [0.25, 0.3) is 0 Å². The van der Waals surface area contributed by atoms with E-state index in [1.54, 1.807) is 0 Å². The Hall–Kier alpha value is -1.87. The molecule has 0 spiro atoms. The van der Waals surface area contributed by atoms with E-state index in [-0.39, 0.29) is 0 Å². The van der Waals surface area contributed by atoms with E-state index in [0.29, 0.717) is 0 Å². The molecule has 0 saturated carbocycles. The van der Waals surface area contributed by atoms with Crippen LogP contribution in [-0.4, -0.2) is 35.6 Å². The number of benzene rings is 1. The minimum absolute atomic E-state index is 0.739. The molecule has 1 unspecified atom stereocenters. The van der Waals surface area contributed by atoms with E-state index in [1.807, 2.05) is 24.5 Å². The number of ether oxygens (including phenoxy) is 1. The van der Waals surface area contributed by atoms with Crippen molar-refractivity contribution in [1.29, 1.82) is 0 Å². The maximum absolute atomic E-state index is 5.88. The van der Waals surface area contributed by atoms with Crippen LogP contribution in [0.25, 0.3) is 11.1 Å². The highest BCUT2D eigenvalue weighted by molar-refractivity contribution is 5.63. The fraction of sp³-hybridized carbons (Fsp3) is 0.450. The Balaban J connectivity index is 1.44. The van der Waals surface area contributed by atoms with Gasteiger partial charge in [0, 0.05) is 25.0 Å². The first-order chi connectivity index (χ1) is 11.3. The van der Waals surface area contributed by atoms with Gasteiger partial charge in [-0.05, 0) is 68.1 Å². The SMILES string of the molecule is CC1CCCCN1CCCOc1ccc(-c2ccncc2)cc1. The van der Waals surface area contributed by atoms with Crippen LogP contribution in [0.2, 0.25) is 0 Å². The summed E-state index contributed by atoms with van der Waals surface area (Å²) in [6, 6.07) is 13.1. The summed E-state index contributed by atoms with van der Waals surface area (Å²) in [5.41, 5.74) is 2.38. The lowest BCUT2D eigenvalue weighted by molar-refractivity contribution is 0.148. The Morgan fingerprint density at radius 2 is 1.78 bits per heavy atom. The molecule has 1 aliphatic heterocycles. The van der Waals surface area contributed by atoms with E-state index in [9.17, 15) is 0 Å². The molecule has 1 aromatic heterocycles. The summed E-state index contributed by atoms with van der Waals surface area (Å²) in [4.78, 5) is 6.65. The van der Waals surface area contributed by atoms with Crippen LogP contribution in [-0.2, 0) is 0 Å². The van der Waals surface area contributed by atoms with Gasteiger partial charge in [0.2, 0.25) is 0 Å². The van der Waals surface area contributed by atoms with Gasteiger partial charge in [-0.1, -0.05) is 18.6 Å². The lowest BCUT2D eigenvalue weighted by Crippen LogP contribution is -2.38. The molecule has 1 aliphatic rings. The van der Waals surface area contributed by atoms with Crippen LogP contribution < -0.4 is 4.74 Å². The summed E-state index contributed by atoms with van der Waals surface area (Å²) >= 11 is 0. The second-order valence-corrected chi connectivity index (χ2v) is 6.34. The number of hydrogen-bond donors (Lipinski definition) is 0. The van der Waals surface area contributed by atoms with Crippen molar-refractivity contribution < 1.29 is 4.74 Å². The number of aromatic nitrogens is 1. The summed E-state index contributed by atoms with van der Waals surface area (Å²) in [5, 5.41) is 0.